The number of nitrogens with zero attached hydrogens (tertiary/aromatic N) is 2. The molecule has 3 heteroatoms. The van der Waals surface area contributed by atoms with E-state index in [0.29, 0.717) is 11.8 Å². The molecule has 1 aromatic heterocycles. The number of benzene rings is 1. The molecule has 3 nitrogen and oxygen atoms in total. The molecule has 0 saturated heterocycles. The van der Waals surface area contributed by atoms with Crippen molar-refractivity contribution in [2.45, 2.75) is 46.7 Å². The van der Waals surface area contributed by atoms with Gasteiger partial charge in [-0.25, -0.2) is 0 Å². The molecule has 2 aromatic rings. The smallest absolute Gasteiger partial charge is 0.0662 e. The Balaban J connectivity index is 2.13. The highest BCUT2D eigenvalue weighted by molar-refractivity contribution is 5.23. The van der Waals surface area contributed by atoms with Gasteiger partial charge in [0, 0.05) is 17.8 Å². The van der Waals surface area contributed by atoms with Gasteiger partial charge in [-0.15, -0.1) is 0 Å². The number of nitrogens with one attached hydrogen (secondary N) is 1. The monoisotopic (exact) mass is 285 g/mol. The van der Waals surface area contributed by atoms with Crippen molar-refractivity contribution in [3.63, 3.8) is 0 Å². The van der Waals surface area contributed by atoms with Crippen molar-refractivity contribution in [1.29, 1.82) is 0 Å². The van der Waals surface area contributed by atoms with Crippen LogP contribution in [0.2, 0.25) is 0 Å². The van der Waals surface area contributed by atoms with Crippen LogP contribution in [0.1, 0.15) is 50.4 Å². The molecule has 0 aliphatic heterocycles. The van der Waals surface area contributed by atoms with E-state index in [4.69, 9.17) is 0 Å². The Labute approximate surface area is 128 Å². The Kier molecular flexibility index (Phi) is 5.57. The second-order valence-corrected chi connectivity index (χ2v) is 6.38. The fraction of sp³-hybridized carbons (Fsp3) is 0.500. The second kappa shape index (κ2) is 7.41. The molecule has 1 N–H and O–H groups in total. The topological polar surface area (TPSA) is 29.9 Å². The molecule has 0 amide bonds. The SMILES string of the molecule is CC(C)CNCc1cnn(Cc2ccccc2)c1C(C)C. The second-order valence-electron chi connectivity index (χ2n) is 6.38. The van der Waals surface area contributed by atoms with Crippen molar-refractivity contribution in [3.05, 3.63) is 53.3 Å². The van der Waals surface area contributed by atoms with Gasteiger partial charge in [0.15, 0.2) is 0 Å². The molecule has 0 atom stereocenters. The van der Waals surface area contributed by atoms with Crippen LogP contribution in [-0.2, 0) is 13.1 Å². The van der Waals surface area contributed by atoms with Crippen LogP contribution in [0, 0.1) is 5.92 Å². The fourth-order valence-corrected chi connectivity index (χ4v) is 2.62. The molecule has 0 aliphatic rings. The molecule has 21 heavy (non-hydrogen) atoms. The largest absolute Gasteiger partial charge is 0.312 e. The third-order valence-corrected chi connectivity index (χ3v) is 3.55. The molecular weight excluding hydrogens is 258 g/mol. The van der Waals surface area contributed by atoms with E-state index in [2.05, 4.69) is 73.1 Å². The molecule has 1 heterocycles. The van der Waals surface area contributed by atoms with Crippen molar-refractivity contribution >= 4 is 0 Å². The lowest BCUT2D eigenvalue weighted by Crippen LogP contribution is -2.20. The molecule has 0 radical (unpaired) electrons. The third-order valence-electron chi connectivity index (χ3n) is 3.55. The van der Waals surface area contributed by atoms with E-state index in [0.717, 1.165) is 19.6 Å². The lowest BCUT2D eigenvalue weighted by atomic mass is 10.1. The van der Waals surface area contributed by atoms with Crippen LogP contribution in [-0.4, -0.2) is 16.3 Å². The van der Waals surface area contributed by atoms with E-state index >= 15 is 0 Å². The van der Waals surface area contributed by atoms with Gasteiger partial charge in [-0.3, -0.25) is 4.68 Å². The Morgan fingerprint density at radius 1 is 1.10 bits per heavy atom. The van der Waals surface area contributed by atoms with E-state index in [1.807, 2.05) is 6.20 Å². The zero-order valence-electron chi connectivity index (χ0n) is 13.6. The van der Waals surface area contributed by atoms with Gasteiger partial charge in [0.05, 0.1) is 12.7 Å². The average molecular weight is 285 g/mol. The molecule has 0 fully saturated rings. The van der Waals surface area contributed by atoms with Crippen molar-refractivity contribution in [2.75, 3.05) is 6.54 Å². The maximum Gasteiger partial charge on any atom is 0.0662 e. The molecule has 0 aliphatic carbocycles. The molecule has 0 saturated carbocycles. The van der Waals surface area contributed by atoms with E-state index in [1.165, 1.54) is 16.8 Å². The Morgan fingerprint density at radius 3 is 2.43 bits per heavy atom. The molecule has 1 aromatic carbocycles. The summed E-state index contributed by atoms with van der Waals surface area (Å²) in [6.45, 7) is 11.7. The normalized spacial score (nSPS) is 11.5. The van der Waals surface area contributed by atoms with Gasteiger partial charge in [0.25, 0.3) is 0 Å². The lowest BCUT2D eigenvalue weighted by Gasteiger charge is -2.14. The summed E-state index contributed by atoms with van der Waals surface area (Å²) in [6, 6.07) is 10.5. The van der Waals surface area contributed by atoms with E-state index in [1.54, 1.807) is 0 Å². The maximum absolute atomic E-state index is 4.61. The van der Waals surface area contributed by atoms with Crippen LogP contribution >= 0.6 is 0 Å². The summed E-state index contributed by atoms with van der Waals surface area (Å²) in [6.07, 6.45) is 2.02. The number of rotatable bonds is 7. The Hall–Kier alpha value is -1.61. The Bertz CT molecular complexity index is 541. The van der Waals surface area contributed by atoms with Crippen LogP contribution in [0.3, 0.4) is 0 Å². The van der Waals surface area contributed by atoms with Crippen LogP contribution in [0.15, 0.2) is 36.5 Å². The first-order chi connectivity index (χ1) is 10.1. The van der Waals surface area contributed by atoms with Crippen molar-refractivity contribution in [3.8, 4) is 0 Å². The zero-order chi connectivity index (χ0) is 15.2. The predicted octanol–water partition coefficient (Wildman–Crippen LogP) is 3.80. The van der Waals surface area contributed by atoms with Crippen molar-refractivity contribution in [2.24, 2.45) is 5.92 Å². The lowest BCUT2D eigenvalue weighted by molar-refractivity contribution is 0.547. The van der Waals surface area contributed by atoms with E-state index in [9.17, 15) is 0 Å². The predicted molar refractivity (Wildman–Crippen MR) is 88.4 cm³/mol. The molecule has 2 rings (SSSR count). The minimum absolute atomic E-state index is 0.479. The van der Waals surface area contributed by atoms with Gasteiger partial charge in [-0.05, 0) is 23.9 Å². The number of aromatic nitrogens is 2. The van der Waals surface area contributed by atoms with Gasteiger partial charge >= 0.3 is 0 Å². The fourth-order valence-electron chi connectivity index (χ4n) is 2.62. The van der Waals surface area contributed by atoms with Crippen LogP contribution in [0.4, 0.5) is 0 Å². The summed E-state index contributed by atoms with van der Waals surface area (Å²) in [5.41, 5.74) is 3.96. The highest BCUT2D eigenvalue weighted by atomic mass is 15.3. The highest BCUT2D eigenvalue weighted by Gasteiger charge is 2.14. The van der Waals surface area contributed by atoms with Gasteiger partial charge < -0.3 is 5.32 Å². The first-order valence-corrected chi connectivity index (χ1v) is 7.87. The van der Waals surface area contributed by atoms with Gasteiger partial charge in [-0.1, -0.05) is 58.0 Å². The summed E-state index contributed by atoms with van der Waals surface area (Å²) >= 11 is 0. The van der Waals surface area contributed by atoms with Crippen LogP contribution in [0.5, 0.6) is 0 Å². The summed E-state index contributed by atoms with van der Waals surface area (Å²) < 4.78 is 2.15. The molecule has 0 bridgehead atoms. The van der Waals surface area contributed by atoms with Gasteiger partial charge in [0.2, 0.25) is 0 Å². The summed E-state index contributed by atoms with van der Waals surface area (Å²) in [5, 5.41) is 8.13. The molecule has 114 valence electrons. The molecule has 0 unspecified atom stereocenters. The first kappa shape index (κ1) is 15.8. The highest BCUT2D eigenvalue weighted by Crippen LogP contribution is 2.20. The summed E-state index contributed by atoms with van der Waals surface area (Å²) in [5.74, 6) is 1.15. The molecular formula is C18H27N3. The standard InChI is InChI=1S/C18H27N3/c1-14(2)10-19-11-17-12-20-21(18(17)15(3)4)13-16-8-6-5-7-9-16/h5-9,12,14-15,19H,10-11,13H2,1-4H3. The van der Waals surface area contributed by atoms with Crippen LogP contribution in [0.25, 0.3) is 0 Å². The summed E-state index contributed by atoms with van der Waals surface area (Å²) in [4.78, 5) is 0. The Morgan fingerprint density at radius 2 is 1.81 bits per heavy atom. The summed E-state index contributed by atoms with van der Waals surface area (Å²) in [7, 11) is 0. The molecule has 0 spiro atoms. The maximum atomic E-state index is 4.61. The van der Waals surface area contributed by atoms with E-state index in [-0.39, 0.29) is 0 Å². The minimum atomic E-state index is 0.479. The van der Waals surface area contributed by atoms with E-state index < -0.39 is 0 Å². The first-order valence-electron chi connectivity index (χ1n) is 7.87. The van der Waals surface area contributed by atoms with Crippen molar-refractivity contribution < 1.29 is 0 Å². The average Bonchev–Trinajstić information content (AvgIpc) is 2.82. The number of hydrogen-bond donors (Lipinski definition) is 1. The zero-order valence-corrected chi connectivity index (χ0v) is 13.6. The quantitative estimate of drug-likeness (QED) is 0.838. The third kappa shape index (κ3) is 4.43. The minimum Gasteiger partial charge on any atom is -0.312 e. The number of hydrogen-bond acceptors (Lipinski definition) is 2. The van der Waals surface area contributed by atoms with Gasteiger partial charge in [0.1, 0.15) is 0 Å². The van der Waals surface area contributed by atoms with Crippen LogP contribution < -0.4 is 5.32 Å². The van der Waals surface area contributed by atoms with Gasteiger partial charge in [-0.2, -0.15) is 5.10 Å². The van der Waals surface area contributed by atoms with Crippen molar-refractivity contribution in [1.82, 2.24) is 15.1 Å².